The summed E-state index contributed by atoms with van der Waals surface area (Å²) in [6.07, 6.45) is 2.75. The van der Waals surface area contributed by atoms with E-state index in [1.165, 1.54) is 44.6 Å². The van der Waals surface area contributed by atoms with Crippen molar-refractivity contribution in [1.29, 1.82) is 0 Å². The van der Waals surface area contributed by atoms with Crippen LogP contribution in [0, 0.1) is 5.92 Å². The SMILES string of the molecule is CCOC(=O)C1CCCN(C(=O)c2cc(N(C)S(=O)(=O)c3ccc(OC)cc3)ccn2)C1. The van der Waals surface area contributed by atoms with Crippen LogP contribution < -0.4 is 9.04 Å². The van der Waals surface area contributed by atoms with Crippen molar-refractivity contribution in [3.8, 4) is 5.75 Å². The van der Waals surface area contributed by atoms with Crippen LogP contribution in [0.3, 0.4) is 0 Å². The number of aromatic nitrogens is 1. The smallest absolute Gasteiger partial charge is 0.310 e. The molecule has 9 nitrogen and oxygen atoms in total. The summed E-state index contributed by atoms with van der Waals surface area (Å²) in [5.74, 6) is -0.479. The Kier molecular flexibility index (Phi) is 7.34. The van der Waals surface area contributed by atoms with Crippen LogP contribution in [0.25, 0.3) is 0 Å². The van der Waals surface area contributed by atoms with Gasteiger partial charge >= 0.3 is 5.97 Å². The van der Waals surface area contributed by atoms with Gasteiger partial charge in [0.25, 0.3) is 15.9 Å². The third-order valence-electron chi connectivity index (χ3n) is 5.37. The first-order valence-electron chi connectivity index (χ1n) is 10.3. The van der Waals surface area contributed by atoms with Crippen LogP contribution in [-0.4, -0.2) is 64.0 Å². The van der Waals surface area contributed by atoms with E-state index in [1.54, 1.807) is 24.0 Å². The number of nitrogens with zero attached hydrogens (tertiary/aromatic N) is 3. The van der Waals surface area contributed by atoms with E-state index in [9.17, 15) is 18.0 Å². The Bertz CT molecular complexity index is 1070. The van der Waals surface area contributed by atoms with Gasteiger partial charge < -0.3 is 14.4 Å². The van der Waals surface area contributed by atoms with E-state index < -0.39 is 10.0 Å². The van der Waals surface area contributed by atoms with Crippen LogP contribution in [0.4, 0.5) is 5.69 Å². The first kappa shape index (κ1) is 23.5. The van der Waals surface area contributed by atoms with Crippen molar-refractivity contribution in [3.63, 3.8) is 0 Å². The normalized spacial score (nSPS) is 16.3. The second kappa shape index (κ2) is 9.99. The molecule has 1 aromatic carbocycles. The van der Waals surface area contributed by atoms with E-state index in [0.29, 0.717) is 37.4 Å². The summed E-state index contributed by atoms with van der Waals surface area (Å²) in [5.41, 5.74) is 0.418. The van der Waals surface area contributed by atoms with Crippen molar-refractivity contribution in [1.82, 2.24) is 9.88 Å². The average Bonchev–Trinajstić information content (AvgIpc) is 2.83. The molecular formula is C22H27N3O6S. The minimum Gasteiger partial charge on any atom is -0.497 e. The zero-order valence-electron chi connectivity index (χ0n) is 18.4. The number of sulfonamides is 1. The molecular weight excluding hydrogens is 434 g/mol. The highest BCUT2D eigenvalue weighted by Crippen LogP contribution is 2.25. The van der Waals surface area contributed by atoms with Crippen LogP contribution in [-0.2, 0) is 19.6 Å². The first-order valence-corrected chi connectivity index (χ1v) is 11.8. The summed E-state index contributed by atoms with van der Waals surface area (Å²) >= 11 is 0. The molecule has 1 aliphatic heterocycles. The molecule has 1 saturated heterocycles. The van der Waals surface area contributed by atoms with Gasteiger partial charge in [-0.2, -0.15) is 0 Å². The van der Waals surface area contributed by atoms with Gasteiger partial charge in [-0.15, -0.1) is 0 Å². The van der Waals surface area contributed by atoms with Gasteiger partial charge in [0.05, 0.1) is 30.2 Å². The van der Waals surface area contributed by atoms with E-state index in [1.807, 2.05) is 0 Å². The summed E-state index contributed by atoms with van der Waals surface area (Å²) in [4.78, 5) is 30.9. The minimum absolute atomic E-state index is 0.0961. The summed E-state index contributed by atoms with van der Waals surface area (Å²) in [5, 5.41) is 0. The molecule has 32 heavy (non-hydrogen) atoms. The van der Waals surface area contributed by atoms with E-state index >= 15 is 0 Å². The molecule has 2 heterocycles. The second-order valence-electron chi connectivity index (χ2n) is 7.39. The number of piperidine rings is 1. The zero-order chi connectivity index (χ0) is 23.3. The minimum atomic E-state index is -3.85. The lowest BCUT2D eigenvalue weighted by Gasteiger charge is -2.31. The average molecular weight is 462 g/mol. The van der Waals surface area contributed by atoms with E-state index in [-0.39, 0.29) is 34.9 Å². The molecule has 2 aromatic rings. The standard InChI is InChI=1S/C22H27N3O6S/c1-4-31-22(27)16-6-5-13-25(15-16)21(26)20-14-17(11-12-23-20)24(2)32(28,29)19-9-7-18(30-3)8-10-19/h7-12,14,16H,4-6,13,15H2,1-3H3. The zero-order valence-corrected chi connectivity index (χ0v) is 19.2. The Morgan fingerprint density at radius 3 is 2.59 bits per heavy atom. The maximum Gasteiger partial charge on any atom is 0.310 e. The fourth-order valence-corrected chi connectivity index (χ4v) is 4.74. The molecule has 10 heteroatoms. The number of anilines is 1. The monoisotopic (exact) mass is 461 g/mol. The number of likely N-dealkylation sites (tertiary alicyclic amines) is 1. The van der Waals surface area contributed by atoms with Gasteiger partial charge in [-0.25, -0.2) is 8.42 Å². The first-order chi connectivity index (χ1) is 15.3. The third-order valence-corrected chi connectivity index (χ3v) is 7.17. The molecule has 0 bridgehead atoms. The maximum absolute atomic E-state index is 13.0. The number of amides is 1. The predicted octanol–water partition coefficient (Wildman–Crippen LogP) is 2.33. The second-order valence-corrected chi connectivity index (χ2v) is 9.36. The van der Waals surface area contributed by atoms with Gasteiger partial charge in [-0.1, -0.05) is 0 Å². The van der Waals surface area contributed by atoms with Gasteiger partial charge in [0.15, 0.2) is 0 Å². The molecule has 0 spiro atoms. The molecule has 1 amide bonds. The van der Waals surface area contributed by atoms with E-state index in [2.05, 4.69) is 4.98 Å². The summed E-state index contributed by atoms with van der Waals surface area (Å²) in [7, 11) is -0.927. The molecule has 0 saturated carbocycles. The summed E-state index contributed by atoms with van der Waals surface area (Å²) in [6.45, 7) is 2.79. The predicted molar refractivity (Wildman–Crippen MR) is 118 cm³/mol. The lowest BCUT2D eigenvalue weighted by atomic mass is 9.98. The topological polar surface area (TPSA) is 106 Å². The van der Waals surface area contributed by atoms with Crippen molar-refractivity contribution >= 4 is 27.6 Å². The quantitative estimate of drug-likeness (QED) is 0.583. The molecule has 1 unspecified atom stereocenters. The Hall–Kier alpha value is -3.14. The van der Waals surface area contributed by atoms with Crippen LogP contribution in [0.2, 0.25) is 0 Å². The Morgan fingerprint density at radius 2 is 1.94 bits per heavy atom. The third kappa shape index (κ3) is 5.01. The fraction of sp³-hybridized carbons (Fsp3) is 0.409. The van der Waals surface area contributed by atoms with Crippen molar-refractivity contribution in [3.05, 3.63) is 48.3 Å². The lowest BCUT2D eigenvalue weighted by Crippen LogP contribution is -2.43. The highest BCUT2D eigenvalue weighted by molar-refractivity contribution is 7.92. The number of rotatable bonds is 7. The number of hydrogen-bond acceptors (Lipinski definition) is 7. The highest BCUT2D eigenvalue weighted by atomic mass is 32.2. The van der Waals surface area contributed by atoms with E-state index in [4.69, 9.17) is 9.47 Å². The maximum atomic E-state index is 13.0. The molecule has 0 aliphatic carbocycles. The van der Waals surface area contributed by atoms with Gasteiger partial charge in [0.1, 0.15) is 11.4 Å². The number of ether oxygens (including phenoxy) is 2. The molecule has 1 aliphatic rings. The number of carbonyl (C=O) groups excluding carboxylic acids is 2. The molecule has 1 fully saturated rings. The highest BCUT2D eigenvalue weighted by Gasteiger charge is 2.31. The van der Waals surface area contributed by atoms with Gasteiger partial charge in [-0.3, -0.25) is 18.9 Å². The Morgan fingerprint density at radius 1 is 1.22 bits per heavy atom. The number of methoxy groups -OCH3 is 1. The van der Waals surface area contributed by atoms with E-state index in [0.717, 1.165) is 4.31 Å². The number of pyridine rings is 1. The largest absolute Gasteiger partial charge is 0.497 e. The van der Waals surface area contributed by atoms with Crippen molar-refractivity contribution < 1.29 is 27.5 Å². The number of esters is 1. The number of hydrogen-bond donors (Lipinski definition) is 0. The number of benzene rings is 1. The van der Waals surface area contributed by atoms with Gasteiger partial charge in [-0.05, 0) is 56.2 Å². The van der Waals surface area contributed by atoms with Gasteiger partial charge in [0.2, 0.25) is 0 Å². The van der Waals surface area contributed by atoms with Crippen molar-refractivity contribution in [2.75, 3.05) is 38.2 Å². The van der Waals surface area contributed by atoms with Crippen molar-refractivity contribution in [2.45, 2.75) is 24.7 Å². The Labute approximate surface area is 188 Å². The van der Waals surface area contributed by atoms with Crippen LogP contribution in [0.5, 0.6) is 5.75 Å². The lowest BCUT2D eigenvalue weighted by molar-refractivity contribution is -0.149. The number of carbonyl (C=O) groups is 2. The molecule has 3 rings (SSSR count). The van der Waals surface area contributed by atoms with Crippen LogP contribution in [0.15, 0.2) is 47.5 Å². The molecule has 0 N–H and O–H groups in total. The fourth-order valence-electron chi connectivity index (χ4n) is 3.55. The van der Waals surface area contributed by atoms with Gasteiger partial charge in [0, 0.05) is 26.3 Å². The summed E-state index contributed by atoms with van der Waals surface area (Å²) < 4.78 is 37.3. The van der Waals surface area contributed by atoms with Crippen LogP contribution >= 0.6 is 0 Å². The molecule has 172 valence electrons. The molecule has 1 aromatic heterocycles. The summed E-state index contributed by atoms with van der Waals surface area (Å²) in [6, 6.07) is 9.02. The van der Waals surface area contributed by atoms with Crippen molar-refractivity contribution in [2.24, 2.45) is 5.92 Å². The molecule has 0 radical (unpaired) electrons. The van der Waals surface area contributed by atoms with Crippen LogP contribution in [0.1, 0.15) is 30.3 Å². The molecule has 1 atom stereocenters. The Balaban J connectivity index is 1.79.